The molecule has 0 radical (unpaired) electrons. The van der Waals surface area contributed by atoms with Crippen molar-refractivity contribution >= 4 is 23.8 Å². The largest absolute Gasteiger partial charge is 0.481 e. The van der Waals surface area contributed by atoms with Crippen LogP contribution in [-0.2, 0) is 9.59 Å². The van der Waals surface area contributed by atoms with E-state index in [2.05, 4.69) is 6.92 Å². The third-order valence-corrected chi connectivity index (χ3v) is 5.44. The number of allylic oxidation sites excluding steroid dienone is 2. The zero-order valence-electron chi connectivity index (χ0n) is 17.7. The fourth-order valence-corrected chi connectivity index (χ4v) is 3.94. The van der Waals surface area contributed by atoms with E-state index in [1.165, 1.54) is 17.0 Å². The summed E-state index contributed by atoms with van der Waals surface area (Å²) in [5.41, 5.74) is 2.41. The van der Waals surface area contributed by atoms with E-state index in [0.717, 1.165) is 19.3 Å². The molecule has 0 bridgehead atoms. The minimum absolute atomic E-state index is 0.0674. The Morgan fingerprint density at radius 1 is 1.23 bits per heavy atom. The number of nitro benzene ring substituents is 1. The maximum Gasteiger partial charge on any atom is 0.313 e. The molecule has 30 heavy (non-hydrogen) atoms. The first-order chi connectivity index (χ1) is 14.4. The summed E-state index contributed by atoms with van der Waals surface area (Å²) in [6, 6.07) is 5.91. The summed E-state index contributed by atoms with van der Waals surface area (Å²) in [5.74, 6) is -2.58. The lowest BCUT2D eigenvalue weighted by Gasteiger charge is -2.37. The molecule has 8 heteroatoms. The van der Waals surface area contributed by atoms with E-state index in [9.17, 15) is 24.8 Å². The number of carbonyl (C=O) groups excluding carboxylic acids is 1. The Morgan fingerprint density at radius 2 is 1.90 bits per heavy atom. The molecule has 162 valence electrons. The molecular weight excluding hydrogens is 386 g/mol. The van der Waals surface area contributed by atoms with Crippen LogP contribution in [-0.4, -0.2) is 39.6 Å². The van der Waals surface area contributed by atoms with Gasteiger partial charge in [-0.2, -0.15) is 0 Å². The highest BCUT2D eigenvalue weighted by Gasteiger charge is 2.41. The third kappa shape index (κ3) is 4.93. The van der Waals surface area contributed by atoms with Crippen LogP contribution in [0.5, 0.6) is 0 Å². The second kappa shape index (κ2) is 10.7. The average molecular weight is 415 g/mol. The molecule has 1 aliphatic rings. The van der Waals surface area contributed by atoms with Gasteiger partial charge in [-0.3, -0.25) is 24.7 Å². The minimum Gasteiger partial charge on any atom is -0.481 e. The Balaban J connectivity index is 2.67. The SMILES string of the molecule is CCCCCC1=NC(CC)=C(N(C=O)CC)C(c2ccc([N+](=O)[O-])cc2)C1C(=O)O. The molecule has 2 unspecified atom stereocenters. The van der Waals surface area contributed by atoms with E-state index in [4.69, 9.17) is 4.99 Å². The molecule has 0 spiro atoms. The van der Waals surface area contributed by atoms with Gasteiger partial charge in [-0.05, 0) is 31.7 Å². The number of benzene rings is 1. The highest BCUT2D eigenvalue weighted by Crippen LogP contribution is 2.42. The molecule has 0 fully saturated rings. The number of non-ortho nitro benzene ring substituents is 1. The van der Waals surface area contributed by atoms with Gasteiger partial charge in [0, 0.05) is 30.3 Å². The van der Waals surface area contributed by atoms with Crippen molar-refractivity contribution in [3.63, 3.8) is 0 Å². The van der Waals surface area contributed by atoms with Gasteiger partial charge in [0.2, 0.25) is 6.41 Å². The number of likely N-dealkylation sites (N-methyl/N-ethyl adjacent to an activating group) is 1. The summed E-state index contributed by atoms with van der Waals surface area (Å²) in [6.45, 7) is 6.20. The minimum atomic E-state index is -1.01. The van der Waals surface area contributed by atoms with Gasteiger partial charge in [-0.25, -0.2) is 0 Å². The van der Waals surface area contributed by atoms with Crippen LogP contribution in [0.1, 0.15) is 64.4 Å². The Kier molecular flexibility index (Phi) is 8.26. The van der Waals surface area contributed by atoms with Gasteiger partial charge >= 0.3 is 5.97 Å². The molecule has 1 N–H and O–H groups in total. The van der Waals surface area contributed by atoms with Gasteiger partial charge in [0.05, 0.1) is 16.3 Å². The van der Waals surface area contributed by atoms with Crippen LogP contribution >= 0.6 is 0 Å². The summed E-state index contributed by atoms with van der Waals surface area (Å²) in [4.78, 5) is 40.9. The molecule has 8 nitrogen and oxygen atoms in total. The van der Waals surface area contributed by atoms with Crippen LogP contribution in [0, 0.1) is 16.0 Å². The lowest BCUT2D eigenvalue weighted by atomic mass is 9.76. The number of rotatable bonds is 11. The second-order valence-corrected chi connectivity index (χ2v) is 7.28. The molecule has 1 aliphatic heterocycles. The summed E-state index contributed by atoms with van der Waals surface area (Å²) in [6.07, 6.45) is 4.63. The topological polar surface area (TPSA) is 113 Å². The zero-order chi connectivity index (χ0) is 22.3. The number of aliphatic imine (C=N–C) groups is 1. The van der Waals surface area contributed by atoms with Crippen LogP contribution in [0.25, 0.3) is 0 Å². The molecular formula is C22H29N3O5. The fraction of sp³-hybridized carbons (Fsp3) is 0.500. The van der Waals surface area contributed by atoms with Crippen LogP contribution < -0.4 is 0 Å². The number of amides is 1. The number of carboxylic acid groups (broad SMARTS) is 1. The number of aliphatic carboxylic acids is 1. The number of carbonyl (C=O) groups is 2. The number of carboxylic acids is 1. The molecule has 0 aromatic heterocycles. The van der Waals surface area contributed by atoms with Gasteiger partial charge in [0.1, 0.15) is 5.92 Å². The Morgan fingerprint density at radius 3 is 2.37 bits per heavy atom. The molecule has 0 aliphatic carbocycles. The number of nitro groups is 1. The van der Waals surface area contributed by atoms with E-state index in [1.54, 1.807) is 12.1 Å². The molecule has 0 saturated carbocycles. The Labute approximate surface area is 176 Å². The molecule has 2 atom stereocenters. The Hall–Kier alpha value is -3.03. The second-order valence-electron chi connectivity index (χ2n) is 7.28. The number of hydrogen-bond acceptors (Lipinski definition) is 5. The smallest absolute Gasteiger partial charge is 0.313 e. The first kappa shape index (κ1) is 23.3. The van der Waals surface area contributed by atoms with Crippen molar-refractivity contribution in [2.75, 3.05) is 6.54 Å². The van der Waals surface area contributed by atoms with Crippen LogP contribution in [0.4, 0.5) is 5.69 Å². The van der Waals surface area contributed by atoms with Gasteiger partial charge < -0.3 is 10.0 Å². The quantitative estimate of drug-likeness (QED) is 0.247. The molecule has 0 saturated heterocycles. The molecule has 1 aromatic rings. The maximum absolute atomic E-state index is 12.4. The van der Waals surface area contributed by atoms with Gasteiger partial charge in [-0.1, -0.05) is 38.8 Å². The predicted octanol–water partition coefficient (Wildman–Crippen LogP) is 4.51. The number of hydrogen-bond donors (Lipinski definition) is 1. The summed E-state index contributed by atoms with van der Waals surface area (Å²) >= 11 is 0. The van der Waals surface area contributed by atoms with Crippen molar-refractivity contribution < 1.29 is 19.6 Å². The van der Waals surface area contributed by atoms with Gasteiger partial charge in [0.25, 0.3) is 5.69 Å². The predicted molar refractivity (Wildman–Crippen MR) is 114 cm³/mol. The lowest BCUT2D eigenvalue weighted by molar-refractivity contribution is -0.384. The summed E-state index contributed by atoms with van der Waals surface area (Å²) < 4.78 is 0. The normalized spacial score (nSPS) is 18.7. The average Bonchev–Trinajstić information content (AvgIpc) is 2.74. The van der Waals surface area contributed by atoms with Crippen LogP contribution in [0.15, 0.2) is 40.7 Å². The molecule has 1 heterocycles. The number of nitrogens with zero attached hydrogens (tertiary/aromatic N) is 3. The highest BCUT2D eigenvalue weighted by atomic mass is 16.6. The highest BCUT2D eigenvalue weighted by molar-refractivity contribution is 6.04. The first-order valence-electron chi connectivity index (χ1n) is 10.4. The zero-order valence-corrected chi connectivity index (χ0v) is 17.7. The monoisotopic (exact) mass is 415 g/mol. The molecule has 1 aromatic carbocycles. The molecule has 2 rings (SSSR count). The van der Waals surface area contributed by atoms with Gasteiger partial charge in [-0.15, -0.1) is 0 Å². The van der Waals surface area contributed by atoms with Crippen molar-refractivity contribution in [1.29, 1.82) is 0 Å². The summed E-state index contributed by atoms with van der Waals surface area (Å²) in [7, 11) is 0. The first-order valence-corrected chi connectivity index (χ1v) is 10.4. The van der Waals surface area contributed by atoms with Crippen molar-refractivity contribution in [2.45, 2.75) is 58.8 Å². The van der Waals surface area contributed by atoms with Crippen molar-refractivity contribution in [3.05, 3.63) is 51.3 Å². The van der Waals surface area contributed by atoms with E-state index < -0.39 is 22.7 Å². The van der Waals surface area contributed by atoms with E-state index in [-0.39, 0.29) is 5.69 Å². The third-order valence-electron chi connectivity index (χ3n) is 5.44. The fourth-order valence-electron chi connectivity index (χ4n) is 3.94. The maximum atomic E-state index is 12.4. The van der Waals surface area contributed by atoms with Crippen LogP contribution in [0.2, 0.25) is 0 Å². The van der Waals surface area contributed by atoms with Crippen molar-refractivity contribution in [2.24, 2.45) is 10.9 Å². The van der Waals surface area contributed by atoms with E-state index >= 15 is 0 Å². The molecule has 1 amide bonds. The van der Waals surface area contributed by atoms with E-state index in [0.29, 0.717) is 48.5 Å². The Bertz CT molecular complexity index is 845. The number of unbranched alkanes of at least 4 members (excludes halogenated alkanes) is 2. The van der Waals surface area contributed by atoms with E-state index in [1.807, 2.05) is 13.8 Å². The van der Waals surface area contributed by atoms with Crippen molar-refractivity contribution in [3.8, 4) is 0 Å². The standard InChI is InChI=1S/C22H29N3O5/c1-4-7-8-9-18-20(22(27)28)19(15-10-12-16(13-11-15)25(29)30)21(17(5-2)23-18)24(6-3)14-26/h10-14,19-20H,4-9H2,1-3H3,(H,27,28). The summed E-state index contributed by atoms with van der Waals surface area (Å²) in [5, 5.41) is 21.2. The van der Waals surface area contributed by atoms with Crippen LogP contribution in [0.3, 0.4) is 0 Å². The lowest BCUT2D eigenvalue weighted by Crippen LogP contribution is -2.39. The van der Waals surface area contributed by atoms with Crippen molar-refractivity contribution in [1.82, 2.24) is 4.90 Å². The van der Waals surface area contributed by atoms with Gasteiger partial charge in [0.15, 0.2) is 0 Å².